The third kappa shape index (κ3) is 2.33. The Kier molecular flexibility index (Phi) is 3.08. The second-order valence-corrected chi connectivity index (χ2v) is 3.83. The van der Waals surface area contributed by atoms with Gasteiger partial charge in [0, 0.05) is 6.20 Å². The van der Waals surface area contributed by atoms with Gasteiger partial charge >= 0.3 is 12.0 Å². The Morgan fingerprint density at radius 2 is 1.75 bits per heavy atom. The minimum Gasteiger partial charge on any atom is -0.467 e. The lowest BCUT2D eigenvalue weighted by Crippen LogP contribution is -1.95. The lowest BCUT2D eigenvalue weighted by atomic mass is 10.2. The first-order valence-electron chi connectivity index (χ1n) is 5.71. The van der Waals surface area contributed by atoms with E-state index in [1.807, 2.05) is 0 Å². The average Bonchev–Trinajstić information content (AvgIpc) is 2.49. The molecular formula is C13H9FN4O2. The van der Waals surface area contributed by atoms with E-state index in [9.17, 15) is 4.39 Å². The molecule has 3 aromatic rings. The van der Waals surface area contributed by atoms with Gasteiger partial charge in [0.15, 0.2) is 5.82 Å². The number of methoxy groups -OCH3 is 1. The molecule has 0 bridgehead atoms. The van der Waals surface area contributed by atoms with Gasteiger partial charge in [-0.1, -0.05) is 6.07 Å². The lowest BCUT2D eigenvalue weighted by Gasteiger charge is -2.07. The lowest BCUT2D eigenvalue weighted by molar-refractivity contribution is 0.381. The van der Waals surface area contributed by atoms with Crippen molar-refractivity contribution in [2.75, 3.05) is 7.11 Å². The van der Waals surface area contributed by atoms with Crippen molar-refractivity contribution in [2.45, 2.75) is 0 Å². The van der Waals surface area contributed by atoms with Gasteiger partial charge in [-0.05, 0) is 12.1 Å². The molecule has 1 aromatic carbocycles. The van der Waals surface area contributed by atoms with Crippen LogP contribution in [0, 0.1) is 5.82 Å². The number of hydrogen-bond donors (Lipinski definition) is 0. The molecule has 0 saturated carbocycles. The third-order valence-corrected chi connectivity index (χ3v) is 2.54. The summed E-state index contributed by atoms with van der Waals surface area (Å²) in [5.74, 6) is -0.0416. The van der Waals surface area contributed by atoms with Crippen molar-refractivity contribution >= 4 is 10.9 Å². The number of rotatable bonds is 3. The van der Waals surface area contributed by atoms with Crippen LogP contribution in [0.25, 0.3) is 10.9 Å². The minimum atomic E-state index is -0.525. The van der Waals surface area contributed by atoms with Crippen molar-refractivity contribution < 1.29 is 13.9 Å². The molecule has 7 heteroatoms. The molecule has 0 N–H and O–H groups in total. The maximum atomic E-state index is 12.7. The highest BCUT2D eigenvalue weighted by Gasteiger charge is 2.08. The summed E-state index contributed by atoms with van der Waals surface area (Å²) in [6, 6.07) is 5.62. The zero-order valence-electron chi connectivity index (χ0n) is 10.4. The molecule has 6 nitrogen and oxygen atoms in total. The Bertz CT molecular complexity index is 749. The van der Waals surface area contributed by atoms with Gasteiger partial charge in [-0.15, -0.1) is 0 Å². The Hall–Kier alpha value is -2.83. The van der Waals surface area contributed by atoms with E-state index < -0.39 is 5.82 Å². The molecule has 0 saturated heterocycles. The summed E-state index contributed by atoms with van der Waals surface area (Å²) in [6.45, 7) is 0. The summed E-state index contributed by atoms with van der Waals surface area (Å²) in [7, 11) is 1.49. The first kappa shape index (κ1) is 12.2. The van der Waals surface area contributed by atoms with Crippen LogP contribution in [0.1, 0.15) is 0 Å². The molecule has 20 heavy (non-hydrogen) atoms. The van der Waals surface area contributed by atoms with Gasteiger partial charge in [-0.3, -0.25) is 0 Å². The van der Waals surface area contributed by atoms with E-state index in [0.717, 1.165) is 12.4 Å². The van der Waals surface area contributed by atoms with E-state index in [1.165, 1.54) is 7.11 Å². The van der Waals surface area contributed by atoms with Crippen LogP contribution in [0.2, 0.25) is 0 Å². The van der Waals surface area contributed by atoms with Crippen molar-refractivity contribution in [3.8, 4) is 17.8 Å². The van der Waals surface area contributed by atoms with Crippen LogP contribution >= 0.6 is 0 Å². The molecule has 0 aliphatic rings. The second-order valence-electron chi connectivity index (χ2n) is 3.83. The summed E-state index contributed by atoms with van der Waals surface area (Å²) in [6.07, 6.45) is 3.65. The van der Waals surface area contributed by atoms with Crippen LogP contribution in [0.15, 0.2) is 36.8 Å². The largest absolute Gasteiger partial charge is 0.467 e. The molecule has 0 amide bonds. The normalized spacial score (nSPS) is 10.5. The van der Waals surface area contributed by atoms with Gasteiger partial charge in [0.2, 0.25) is 0 Å². The van der Waals surface area contributed by atoms with Crippen LogP contribution in [0.5, 0.6) is 17.8 Å². The predicted octanol–water partition coefficient (Wildman–Crippen LogP) is 2.36. The van der Waals surface area contributed by atoms with Crippen molar-refractivity contribution in [3.05, 3.63) is 42.6 Å². The minimum absolute atomic E-state index is 0.0507. The van der Waals surface area contributed by atoms with E-state index in [2.05, 4.69) is 19.9 Å². The van der Waals surface area contributed by atoms with Gasteiger partial charge in [0.05, 0.1) is 30.4 Å². The highest BCUT2D eigenvalue weighted by molar-refractivity contribution is 5.84. The SMILES string of the molecule is COc1ncc2c(Oc3ncc(F)cn3)cccc2n1. The summed E-state index contributed by atoms with van der Waals surface area (Å²) in [5, 5.41) is 0.682. The number of benzene rings is 1. The third-order valence-electron chi connectivity index (χ3n) is 2.54. The summed E-state index contributed by atoms with van der Waals surface area (Å²) < 4.78 is 23.2. The molecule has 0 aliphatic carbocycles. The Labute approximate surface area is 113 Å². The Balaban J connectivity index is 2.01. The predicted molar refractivity (Wildman–Crippen MR) is 68.2 cm³/mol. The molecule has 100 valence electrons. The van der Waals surface area contributed by atoms with Crippen LogP contribution in [0.4, 0.5) is 4.39 Å². The second kappa shape index (κ2) is 5.04. The molecule has 0 atom stereocenters. The van der Waals surface area contributed by atoms with Crippen LogP contribution < -0.4 is 9.47 Å². The fraction of sp³-hybridized carbons (Fsp3) is 0.0769. The topological polar surface area (TPSA) is 70.0 Å². The fourth-order valence-electron chi connectivity index (χ4n) is 1.65. The number of halogens is 1. The molecule has 2 heterocycles. The Morgan fingerprint density at radius 1 is 1.00 bits per heavy atom. The van der Waals surface area contributed by atoms with E-state index >= 15 is 0 Å². The number of hydrogen-bond acceptors (Lipinski definition) is 6. The average molecular weight is 272 g/mol. The number of nitrogens with zero attached hydrogens (tertiary/aromatic N) is 4. The molecule has 0 unspecified atom stereocenters. The van der Waals surface area contributed by atoms with Gasteiger partial charge in [-0.25, -0.2) is 19.3 Å². The molecular weight excluding hydrogens is 263 g/mol. The highest BCUT2D eigenvalue weighted by atomic mass is 19.1. The van der Waals surface area contributed by atoms with Crippen LogP contribution in [-0.2, 0) is 0 Å². The van der Waals surface area contributed by atoms with E-state index in [0.29, 0.717) is 16.7 Å². The molecule has 3 rings (SSSR count). The molecule has 2 aromatic heterocycles. The summed E-state index contributed by atoms with van der Waals surface area (Å²) in [4.78, 5) is 15.7. The Morgan fingerprint density at radius 3 is 2.50 bits per heavy atom. The van der Waals surface area contributed by atoms with Crippen molar-refractivity contribution in [1.29, 1.82) is 0 Å². The summed E-state index contributed by atoms with van der Waals surface area (Å²) in [5.41, 5.74) is 0.663. The molecule has 0 fully saturated rings. The quantitative estimate of drug-likeness (QED) is 0.729. The monoisotopic (exact) mass is 272 g/mol. The van der Waals surface area contributed by atoms with E-state index in [1.54, 1.807) is 24.4 Å². The fourth-order valence-corrected chi connectivity index (χ4v) is 1.65. The molecule has 0 spiro atoms. The van der Waals surface area contributed by atoms with E-state index in [4.69, 9.17) is 9.47 Å². The summed E-state index contributed by atoms with van der Waals surface area (Å²) >= 11 is 0. The van der Waals surface area contributed by atoms with Crippen LogP contribution in [0.3, 0.4) is 0 Å². The number of aromatic nitrogens is 4. The zero-order chi connectivity index (χ0) is 13.9. The molecule has 0 aliphatic heterocycles. The smallest absolute Gasteiger partial charge is 0.322 e. The van der Waals surface area contributed by atoms with Crippen LogP contribution in [-0.4, -0.2) is 27.0 Å². The highest BCUT2D eigenvalue weighted by Crippen LogP contribution is 2.27. The van der Waals surface area contributed by atoms with Crippen molar-refractivity contribution in [3.63, 3.8) is 0 Å². The maximum absolute atomic E-state index is 12.7. The van der Waals surface area contributed by atoms with Gasteiger partial charge in [-0.2, -0.15) is 4.98 Å². The number of fused-ring (bicyclic) bond motifs is 1. The first-order valence-corrected chi connectivity index (χ1v) is 5.71. The molecule has 0 radical (unpaired) electrons. The standard InChI is InChI=1S/C13H9FN4O2/c1-19-13-17-7-9-10(18-13)3-2-4-11(9)20-12-15-5-8(14)6-16-12/h2-7H,1H3. The van der Waals surface area contributed by atoms with Crippen molar-refractivity contribution in [1.82, 2.24) is 19.9 Å². The van der Waals surface area contributed by atoms with Gasteiger partial charge < -0.3 is 9.47 Å². The maximum Gasteiger partial charge on any atom is 0.322 e. The van der Waals surface area contributed by atoms with Gasteiger partial charge in [0.25, 0.3) is 0 Å². The van der Waals surface area contributed by atoms with Gasteiger partial charge in [0.1, 0.15) is 5.75 Å². The van der Waals surface area contributed by atoms with E-state index in [-0.39, 0.29) is 12.0 Å². The first-order chi connectivity index (χ1) is 9.76. The van der Waals surface area contributed by atoms with Crippen molar-refractivity contribution in [2.24, 2.45) is 0 Å². The zero-order valence-corrected chi connectivity index (χ0v) is 10.4. The number of ether oxygens (including phenoxy) is 2.